The predicted octanol–water partition coefficient (Wildman–Crippen LogP) is 0.949. The average molecular weight is 182 g/mol. The van der Waals surface area contributed by atoms with Crippen molar-refractivity contribution in [1.82, 2.24) is 5.32 Å². The molecular formula is C10H13NO2. The maximum atomic E-state index is 10.7. The topological polar surface area (TPSA) is 38.3 Å². The third-order valence-corrected chi connectivity index (χ3v) is 1.67. The Bertz CT molecular complexity index is 259. The second-order valence-electron chi connectivity index (χ2n) is 2.67. The van der Waals surface area contributed by atoms with Crippen LogP contribution in [-0.4, -0.2) is 19.6 Å². The highest BCUT2D eigenvalue weighted by Crippen LogP contribution is 1.96. The second-order valence-corrected chi connectivity index (χ2v) is 2.67. The van der Waals surface area contributed by atoms with Crippen LogP contribution in [0.3, 0.4) is 0 Å². The maximum Gasteiger partial charge on any atom is 0.319 e. The highest BCUT2D eigenvalue weighted by molar-refractivity contribution is 5.71. The number of methoxy groups -OCH3 is 1. The molecule has 0 saturated heterocycles. The number of rotatable bonds is 4. The number of carbonyl (C=O) groups excluding carboxylic acids is 1. The van der Waals surface area contributed by atoms with Crippen molar-refractivity contribution in [3.05, 3.63) is 35.9 Å². The molecule has 0 aromatic heterocycles. The van der Waals surface area contributed by atoms with Crippen molar-refractivity contribution < 1.29 is 9.53 Å². The van der Waals surface area contributed by atoms with Crippen LogP contribution in [0.15, 0.2) is 30.3 Å². The quantitative estimate of drug-likeness (QED) is 0.428. The van der Waals surface area contributed by atoms with Gasteiger partial charge >= 0.3 is 5.97 Å². The summed E-state index contributed by atoms with van der Waals surface area (Å²) < 4.78 is 4.49. The maximum absolute atomic E-state index is 10.7. The lowest BCUT2D eigenvalue weighted by atomic mass is 10.2. The molecule has 3 nitrogen and oxygen atoms in total. The molecule has 0 aliphatic rings. The number of esters is 1. The van der Waals surface area contributed by atoms with Crippen LogP contribution < -0.4 is 5.32 Å². The van der Waals surface area contributed by atoms with E-state index in [1.807, 2.05) is 30.3 Å². The van der Waals surface area contributed by atoms with Crippen molar-refractivity contribution in [3.8, 4) is 0 Å². The fourth-order valence-corrected chi connectivity index (χ4v) is 0.977. The number of benzene rings is 1. The van der Waals surface area contributed by atoms with Crippen LogP contribution in [0.1, 0.15) is 5.56 Å². The van der Waals surface area contributed by atoms with Crippen LogP contribution in [-0.2, 0) is 16.1 Å². The lowest BCUT2D eigenvalue weighted by Crippen LogP contribution is -2.23. The molecule has 0 heterocycles. The van der Waals surface area contributed by atoms with Gasteiger partial charge in [0, 0.05) is 6.54 Å². The van der Waals surface area contributed by atoms with Crippen molar-refractivity contribution in [3.63, 3.8) is 0 Å². The predicted molar refractivity (Wildman–Crippen MR) is 50.2 cm³/mol. The summed E-state index contributed by atoms with van der Waals surface area (Å²) in [6.45, 7) is 0.946. The van der Waals surface area contributed by atoms with Crippen molar-refractivity contribution in [1.29, 1.82) is 0 Å². The van der Waals surface area contributed by atoms with Gasteiger partial charge < -0.3 is 10.1 Å². The molecular weight excluding hydrogens is 169 g/mol. The van der Waals surface area contributed by atoms with E-state index in [9.17, 15) is 4.79 Å². The van der Waals surface area contributed by atoms with Crippen LogP contribution in [0.2, 0.25) is 0 Å². The van der Waals surface area contributed by atoms with Crippen LogP contribution >= 0.6 is 0 Å². The van der Waals surface area contributed by atoms with Gasteiger partial charge in [0.25, 0.3) is 0 Å². The largest absolute Gasteiger partial charge is 0.468 e. The first kappa shape index (κ1) is 9.74. The minimum absolute atomic E-state index is 0.240. The highest BCUT2D eigenvalue weighted by Gasteiger charge is 1.97. The summed E-state index contributed by atoms with van der Waals surface area (Å²) in [6.07, 6.45) is 0. The van der Waals surface area contributed by atoms with Gasteiger partial charge in [-0.25, -0.2) is 0 Å². The summed E-state index contributed by atoms with van der Waals surface area (Å²) in [6, 6.07) is 9.91. The Labute approximate surface area is 77.7 Å². The van der Waals surface area contributed by atoms with Crippen molar-refractivity contribution in [2.24, 2.45) is 0 Å². The second kappa shape index (κ2) is 5.32. The summed E-state index contributed by atoms with van der Waals surface area (Å²) in [4.78, 5) is 10.7. The van der Waals surface area contributed by atoms with Crippen molar-refractivity contribution in [2.45, 2.75) is 6.54 Å². The molecule has 0 bridgehead atoms. The Morgan fingerprint density at radius 3 is 2.69 bits per heavy atom. The van der Waals surface area contributed by atoms with Gasteiger partial charge in [0.05, 0.1) is 13.7 Å². The lowest BCUT2D eigenvalue weighted by Gasteiger charge is -2.02. The number of ether oxygens (including phenoxy) is 1. The fourth-order valence-electron chi connectivity index (χ4n) is 0.977. The first-order valence-corrected chi connectivity index (χ1v) is 4.14. The van der Waals surface area contributed by atoms with Crippen LogP contribution in [0, 0.1) is 0 Å². The Balaban J connectivity index is 2.24. The molecule has 0 radical (unpaired) electrons. The Morgan fingerprint density at radius 2 is 2.08 bits per heavy atom. The molecule has 0 fully saturated rings. The smallest absolute Gasteiger partial charge is 0.319 e. The highest BCUT2D eigenvalue weighted by atomic mass is 16.6. The van der Waals surface area contributed by atoms with Gasteiger partial charge in [0.15, 0.2) is 0 Å². The standard InChI is InChI=1S/C10H13NO2/c1-13-10(12)8-11-7-9-5-3-2-4-6-9/h2-6,11H,7-8H2,1H3/i8+1,10+1,11+1. The molecule has 0 aliphatic heterocycles. The van der Waals surface area contributed by atoms with Gasteiger partial charge in [-0.1, -0.05) is 30.3 Å². The van der Waals surface area contributed by atoms with E-state index in [4.69, 9.17) is 0 Å². The lowest BCUT2D eigenvalue weighted by molar-refractivity contribution is -0.139. The molecule has 0 spiro atoms. The molecule has 0 atom stereocenters. The minimum Gasteiger partial charge on any atom is -0.468 e. The monoisotopic (exact) mass is 182 g/mol. The zero-order valence-electron chi connectivity index (χ0n) is 7.62. The van der Waals surface area contributed by atoms with Crippen molar-refractivity contribution >= 4 is 5.97 Å². The van der Waals surface area contributed by atoms with E-state index in [0.717, 1.165) is 5.56 Å². The first-order chi connectivity index (χ1) is 6.33. The molecule has 0 aliphatic carbocycles. The van der Waals surface area contributed by atoms with E-state index in [-0.39, 0.29) is 12.5 Å². The van der Waals surface area contributed by atoms with E-state index in [1.165, 1.54) is 7.11 Å². The Kier molecular flexibility index (Phi) is 3.99. The summed E-state index contributed by atoms with van der Waals surface area (Å²) in [5, 5.41) is 2.98. The van der Waals surface area contributed by atoms with E-state index in [2.05, 4.69) is 10.1 Å². The Morgan fingerprint density at radius 1 is 1.38 bits per heavy atom. The molecule has 1 aromatic carbocycles. The molecule has 1 aromatic rings. The van der Waals surface area contributed by atoms with Gasteiger partial charge in [-0.2, -0.15) is 0 Å². The van der Waals surface area contributed by atoms with Gasteiger partial charge in [-0.3, -0.25) is 4.79 Å². The SMILES string of the molecule is CO[13C](=O)[13CH2][15NH]Cc1ccccc1. The van der Waals surface area contributed by atoms with E-state index < -0.39 is 0 Å². The zero-order chi connectivity index (χ0) is 9.52. The first-order valence-electron chi connectivity index (χ1n) is 4.14. The molecule has 70 valence electrons. The summed E-state index contributed by atoms with van der Waals surface area (Å²) in [5.74, 6) is -0.240. The third kappa shape index (κ3) is 3.71. The molecule has 0 unspecified atom stereocenters. The van der Waals surface area contributed by atoms with Crippen molar-refractivity contribution in [2.75, 3.05) is 13.7 Å². The fraction of sp³-hybridized carbons (Fsp3) is 0.300. The summed E-state index contributed by atoms with van der Waals surface area (Å²) >= 11 is 0. The molecule has 0 saturated carbocycles. The molecule has 1 N–H and O–H groups in total. The third-order valence-electron chi connectivity index (χ3n) is 1.67. The van der Waals surface area contributed by atoms with Crippen LogP contribution in [0.5, 0.6) is 0 Å². The van der Waals surface area contributed by atoms with Gasteiger partial charge in [0.2, 0.25) is 0 Å². The molecule has 0 amide bonds. The summed E-state index contributed by atoms with van der Waals surface area (Å²) in [7, 11) is 1.38. The number of carbonyl (C=O) groups is 1. The minimum atomic E-state index is -0.240. The molecule has 1 rings (SSSR count). The number of hydrogen-bond acceptors (Lipinski definition) is 3. The number of nitrogens with one attached hydrogen (secondary N) is 1. The van der Waals surface area contributed by atoms with E-state index in [0.29, 0.717) is 6.54 Å². The summed E-state index contributed by atoms with van der Waals surface area (Å²) in [5.41, 5.74) is 1.16. The Hall–Kier alpha value is -1.35. The van der Waals surface area contributed by atoms with Gasteiger partial charge in [-0.15, -0.1) is 0 Å². The van der Waals surface area contributed by atoms with Gasteiger partial charge in [0.1, 0.15) is 0 Å². The zero-order valence-corrected chi connectivity index (χ0v) is 7.62. The van der Waals surface area contributed by atoms with Crippen LogP contribution in [0.25, 0.3) is 0 Å². The molecule has 13 heavy (non-hydrogen) atoms. The van der Waals surface area contributed by atoms with E-state index in [1.54, 1.807) is 0 Å². The van der Waals surface area contributed by atoms with Gasteiger partial charge in [-0.05, 0) is 5.56 Å². The van der Waals surface area contributed by atoms with E-state index >= 15 is 0 Å². The number of hydrogen-bond donors (Lipinski definition) is 1. The van der Waals surface area contributed by atoms with Crippen LogP contribution in [0.4, 0.5) is 0 Å². The average Bonchev–Trinajstić information content (AvgIpc) is 2.19. The molecule has 3 heteroatoms. The normalized spacial score (nSPS) is 9.62.